The highest BCUT2D eigenvalue weighted by molar-refractivity contribution is 7.22. The molecule has 0 spiro atoms. The molecule has 2 saturated heterocycles. The maximum Gasteiger partial charge on any atom is 0.355 e. The first-order valence-corrected chi connectivity index (χ1v) is 24.6. The number of benzene rings is 4. The number of likely N-dealkylation sites (tertiary alicyclic amines) is 1. The van der Waals surface area contributed by atoms with Crippen LogP contribution in [0.15, 0.2) is 91.0 Å². The van der Waals surface area contributed by atoms with Gasteiger partial charge in [0.05, 0.1) is 40.5 Å². The quantitative estimate of drug-likeness (QED) is 0.0604. The van der Waals surface area contributed by atoms with E-state index in [9.17, 15) is 29.1 Å². The molecular weight excluding hydrogens is 907 g/mol. The van der Waals surface area contributed by atoms with Crippen LogP contribution in [0.5, 0.6) is 5.75 Å². The molecule has 358 valence electrons. The first-order chi connectivity index (χ1) is 33.9. The summed E-state index contributed by atoms with van der Waals surface area (Å²) >= 11 is 1.42. The Balaban J connectivity index is 0.732. The van der Waals surface area contributed by atoms with Gasteiger partial charge in [0.25, 0.3) is 5.91 Å². The van der Waals surface area contributed by atoms with Crippen LogP contribution in [0.25, 0.3) is 32.2 Å². The minimum absolute atomic E-state index is 0.0592. The summed E-state index contributed by atoms with van der Waals surface area (Å²) in [6.45, 7) is 5.35. The lowest BCUT2D eigenvalue weighted by Gasteiger charge is -2.32. The van der Waals surface area contributed by atoms with Crippen molar-refractivity contribution in [3.63, 3.8) is 0 Å². The molecule has 0 bridgehead atoms. The zero-order valence-corrected chi connectivity index (χ0v) is 39.8. The maximum atomic E-state index is 13.6. The molecular formula is C53H53N9O7S. The van der Waals surface area contributed by atoms with Gasteiger partial charge in [0.2, 0.25) is 17.7 Å². The lowest BCUT2D eigenvalue weighted by molar-refractivity contribution is -0.134. The number of ether oxygens (including phenoxy) is 1. The molecule has 4 aromatic carbocycles. The molecule has 17 heteroatoms. The SMILES string of the molecule is Cc1c(OCCCC2CCCN(CC(=O)Nc3ccc4c(C5CCC(=O)NC5=O)nn(C)c4c3)C2)cccc1-c1ccc(N2CCc3cccc(C(=O)Nc4nc5ccccc5s4)c3C2)nc1C(=O)O. The number of imide groups is 1. The van der Waals surface area contributed by atoms with E-state index in [1.807, 2.05) is 103 Å². The minimum Gasteiger partial charge on any atom is -0.493 e. The monoisotopic (exact) mass is 959 g/mol. The number of rotatable bonds is 14. The summed E-state index contributed by atoms with van der Waals surface area (Å²) in [7, 11) is 1.80. The number of carboxylic acid groups (broad SMARTS) is 1. The van der Waals surface area contributed by atoms with E-state index in [4.69, 9.17) is 9.72 Å². The van der Waals surface area contributed by atoms with Crippen molar-refractivity contribution in [3.8, 4) is 16.9 Å². The van der Waals surface area contributed by atoms with Crippen LogP contribution in [0.2, 0.25) is 0 Å². The van der Waals surface area contributed by atoms with Gasteiger partial charge in [0.1, 0.15) is 11.6 Å². The number of hydrogen-bond donors (Lipinski definition) is 4. The molecule has 7 aromatic rings. The minimum atomic E-state index is -1.14. The highest BCUT2D eigenvalue weighted by atomic mass is 32.1. The van der Waals surface area contributed by atoms with Gasteiger partial charge in [0, 0.05) is 55.3 Å². The average Bonchev–Trinajstić information content (AvgIpc) is 3.92. The van der Waals surface area contributed by atoms with Gasteiger partial charge in [-0.05, 0) is 135 Å². The zero-order valence-electron chi connectivity index (χ0n) is 39.0. The molecule has 70 heavy (non-hydrogen) atoms. The molecule has 0 radical (unpaired) electrons. The fourth-order valence-electron chi connectivity index (χ4n) is 10.2. The number of carboxylic acids is 1. The summed E-state index contributed by atoms with van der Waals surface area (Å²) < 4.78 is 9.03. The van der Waals surface area contributed by atoms with E-state index in [-0.39, 0.29) is 42.3 Å². The number of para-hydroxylation sites is 1. The number of aryl methyl sites for hydroxylation is 1. The Hall–Kier alpha value is -7.50. The van der Waals surface area contributed by atoms with Gasteiger partial charge in [-0.1, -0.05) is 47.7 Å². The number of thiazole rings is 1. The van der Waals surface area contributed by atoms with Crippen LogP contribution in [0.3, 0.4) is 0 Å². The van der Waals surface area contributed by atoms with E-state index in [0.29, 0.717) is 77.7 Å². The molecule has 6 heterocycles. The van der Waals surface area contributed by atoms with Gasteiger partial charge < -0.3 is 20.1 Å². The Morgan fingerprint density at radius 2 is 1.77 bits per heavy atom. The van der Waals surface area contributed by atoms with E-state index in [1.54, 1.807) is 11.7 Å². The predicted molar refractivity (Wildman–Crippen MR) is 268 cm³/mol. The van der Waals surface area contributed by atoms with Gasteiger partial charge in [-0.25, -0.2) is 14.8 Å². The number of nitrogens with one attached hydrogen (secondary N) is 3. The van der Waals surface area contributed by atoms with Crippen LogP contribution in [0, 0.1) is 12.8 Å². The molecule has 0 saturated carbocycles. The smallest absolute Gasteiger partial charge is 0.355 e. The van der Waals surface area contributed by atoms with Crippen LogP contribution in [0.4, 0.5) is 16.6 Å². The summed E-state index contributed by atoms with van der Waals surface area (Å²) in [6, 6.07) is 28.4. The van der Waals surface area contributed by atoms with Crippen molar-refractivity contribution in [2.24, 2.45) is 13.0 Å². The third-order valence-electron chi connectivity index (χ3n) is 13.7. The van der Waals surface area contributed by atoms with Crippen molar-refractivity contribution in [2.75, 3.05) is 48.3 Å². The van der Waals surface area contributed by atoms with Crippen molar-refractivity contribution in [1.29, 1.82) is 0 Å². The van der Waals surface area contributed by atoms with Gasteiger partial charge in [-0.2, -0.15) is 5.10 Å². The summed E-state index contributed by atoms with van der Waals surface area (Å²) in [4.78, 5) is 77.5. The molecule has 3 aromatic heterocycles. The average molecular weight is 960 g/mol. The van der Waals surface area contributed by atoms with Crippen LogP contribution < -0.4 is 25.6 Å². The number of carbonyl (C=O) groups excluding carboxylic acids is 4. The molecule has 3 aliphatic rings. The van der Waals surface area contributed by atoms with E-state index in [1.165, 1.54) is 11.3 Å². The number of amides is 4. The van der Waals surface area contributed by atoms with Crippen LogP contribution in [0.1, 0.15) is 87.7 Å². The number of nitrogens with zero attached hydrogens (tertiary/aromatic N) is 6. The van der Waals surface area contributed by atoms with Gasteiger partial charge in [-0.15, -0.1) is 0 Å². The fourth-order valence-corrected chi connectivity index (χ4v) is 11.1. The van der Waals surface area contributed by atoms with Gasteiger partial charge in [0.15, 0.2) is 10.8 Å². The summed E-state index contributed by atoms with van der Waals surface area (Å²) in [5.74, 6) is -0.964. The van der Waals surface area contributed by atoms with E-state index < -0.39 is 11.9 Å². The number of carbonyl (C=O) groups is 5. The Labute approximate surface area is 408 Å². The largest absolute Gasteiger partial charge is 0.493 e. The van der Waals surface area contributed by atoms with Crippen molar-refractivity contribution in [2.45, 2.75) is 64.3 Å². The van der Waals surface area contributed by atoms with Crippen LogP contribution in [-0.2, 0) is 34.4 Å². The number of pyridine rings is 1. The zero-order chi connectivity index (χ0) is 48.5. The lowest BCUT2D eigenvalue weighted by atomic mass is 9.93. The number of aromatic nitrogens is 4. The highest BCUT2D eigenvalue weighted by Crippen LogP contribution is 2.36. The topological polar surface area (TPSA) is 201 Å². The Kier molecular flexibility index (Phi) is 13.1. The van der Waals surface area contributed by atoms with Crippen molar-refractivity contribution in [1.82, 2.24) is 30.0 Å². The van der Waals surface area contributed by atoms with Crippen LogP contribution >= 0.6 is 11.3 Å². The molecule has 16 nitrogen and oxygen atoms in total. The summed E-state index contributed by atoms with van der Waals surface area (Å²) in [5, 5.41) is 24.9. The predicted octanol–water partition coefficient (Wildman–Crippen LogP) is 8.10. The van der Waals surface area contributed by atoms with E-state index in [2.05, 4.69) is 30.9 Å². The standard InChI is InChI=1S/C53H53N9O7S/c1-31-35(36-19-21-45(56-49(36)52(67)68)62-25-23-33-11-5-13-37(40(33)29-62)50(65)58-53-55-41-14-3-4-16-44(41)70-53)12-6-15-43(31)69-26-8-10-32-9-7-24-61(28-32)30-47(64)54-34-17-18-38-42(27-34)60(2)59-48(38)39-20-22-46(63)57-51(39)66/h3-6,11-19,21,27,32,39H,7-10,20,22-26,28-30H2,1-2H3,(H,54,64)(H,67,68)(H,55,58,65)(H,57,63,66). The molecule has 0 aliphatic carbocycles. The van der Waals surface area contributed by atoms with Crippen molar-refractivity contribution < 1.29 is 33.8 Å². The second-order valence-electron chi connectivity index (χ2n) is 18.4. The molecule has 10 rings (SSSR count). The van der Waals surface area contributed by atoms with Gasteiger partial charge in [-0.3, -0.25) is 39.4 Å². The maximum absolute atomic E-state index is 13.6. The third kappa shape index (κ3) is 9.71. The van der Waals surface area contributed by atoms with Crippen LogP contribution in [-0.4, -0.2) is 92.1 Å². The summed E-state index contributed by atoms with van der Waals surface area (Å²) in [6.07, 6.45) is 5.19. The number of hydrogen-bond acceptors (Lipinski definition) is 12. The number of fused-ring (bicyclic) bond motifs is 3. The third-order valence-corrected chi connectivity index (χ3v) is 14.7. The number of aromatic carboxylic acids is 1. The van der Waals surface area contributed by atoms with E-state index >= 15 is 0 Å². The van der Waals surface area contributed by atoms with Crippen molar-refractivity contribution >= 4 is 78.7 Å². The number of piperidine rings is 2. The number of anilines is 3. The Bertz CT molecular complexity index is 3170. The first-order valence-electron chi connectivity index (χ1n) is 23.8. The molecule has 2 unspecified atom stereocenters. The summed E-state index contributed by atoms with van der Waals surface area (Å²) in [5.41, 5.74) is 7.38. The normalized spacial score (nSPS) is 17.3. The molecule has 3 aliphatic heterocycles. The lowest BCUT2D eigenvalue weighted by Crippen LogP contribution is -2.40. The first kappa shape index (κ1) is 46.2. The van der Waals surface area contributed by atoms with E-state index in [0.717, 1.165) is 82.1 Å². The fraction of sp³-hybridized carbons (Fsp3) is 0.321. The second-order valence-corrected chi connectivity index (χ2v) is 19.4. The molecule has 2 fully saturated rings. The van der Waals surface area contributed by atoms with Crippen molar-refractivity contribution in [3.05, 3.63) is 125 Å². The molecule has 2 atom stereocenters. The van der Waals surface area contributed by atoms with Gasteiger partial charge >= 0.3 is 5.97 Å². The Morgan fingerprint density at radius 1 is 0.914 bits per heavy atom. The second kappa shape index (κ2) is 19.8. The molecule has 4 amide bonds. The highest BCUT2D eigenvalue weighted by Gasteiger charge is 2.32. The Morgan fingerprint density at radius 3 is 2.61 bits per heavy atom. The molecule has 4 N–H and O–H groups in total.